The quantitative estimate of drug-likeness (QED) is 0.461. The largest absolute Gasteiger partial charge is 0.449 e. The van der Waals surface area contributed by atoms with Gasteiger partial charge in [-0.25, -0.2) is 4.79 Å². The molecule has 0 unspecified atom stereocenters. The Kier molecular flexibility index (Phi) is 6.75. The number of anilines is 1. The smallest absolute Gasteiger partial charge is 0.339 e. The molecule has 30 heavy (non-hydrogen) atoms. The second-order valence-electron chi connectivity index (χ2n) is 6.99. The molecule has 152 valence electrons. The molecule has 3 aromatic rings. The summed E-state index contributed by atoms with van der Waals surface area (Å²) >= 11 is 0. The van der Waals surface area contributed by atoms with E-state index in [-0.39, 0.29) is 5.78 Å². The third-order valence-corrected chi connectivity index (χ3v) is 4.69. The van der Waals surface area contributed by atoms with E-state index in [1.54, 1.807) is 36.4 Å². The number of ketones is 1. The first kappa shape index (κ1) is 21.0. The molecule has 0 saturated heterocycles. The average Bonchev–Trinajstić information content (AvgIpc) is 2.75. The second-order valence-corrected chi connectivity index (χ2v) is 6.99. The Balaban J connectivity index is 1.65. The van der Waals surface area contributed by atoms with Gasteiger partial charge in [0.15, 0.2) is 11.9 Å². The number of nitrogens with one attached hydrogen (secondary N) is 1. The maximum Gasteiger partial charge on any atom is 0.339 e. The van der Waals surface area contributed by atoms with Gasteiger partial charge in [0.05, 0.1) is 5.56 Å². The summed E-state index contributed by atoms with van der Waals surface area (Å²) in [5, 5.41) is 2.69. The van der Waals surface area contributed by atoms with Gasteiger partial charge in [0.2, 0.25) is 0 Å². The minimum Gasteiger partial charge on any atom is -0.449 e. The van der Waals surface area contributed by atoms with Crippen LogP contribution in [0.15, 0.2) is 78.9 Å². The third kappa shape index (κ3) is 5.41. The number of Topliss-reactive ketones (excluding diaryl/α,β-unsaturated/α-hetero) is 1. The monoisotopic (exact) mass is 401 g/mol. The van der Waals surface area contributed by atoms with E-state index in [1.807, 2.05) is 42.5 Å². The first-order valence-electron chi connectivity index (χ1n) is 9.68. The van der Waals surface area contributed by atoms with Crippen LogP contribution in [0.3, 0.4) is 0 Å². The van der Waals surface area contributed by atoms with E-state index in [9.17, 15) is 14.4 Å². The van der Waals surface area contributed by atoms with Crippen LogP contribution in [0.2, 0.25) is 0 Å². The molecule has 1 N–H and O–H groups in total. The fourth-order valence-corrected chi connectivity index (χ4v) is 3.00. The molecule has 5 heteroatoms. The van der Waals surface area contributed by atoms with Gasteiger partial charge in [-0.05, 0) is 61.7 Å². The van der Waals surface area contributed by atoms with Crippen molar-refractivity contribution >= 4 is 23.3 Å². The van der Waals surface area contributed by atoms with Crippen molar-refractivity contribution in [2.75, 3.05) is 5.32 Å². The van der Waals surface area contributed by atoms with Crippen molar-refractivity contribution in [1.82, 2.24) is 0 Å². The summed E-state index contributed by atoms with van der Waals surface area (Å²) in [6, 6.07) is 23.6. The Labute approximate surface area is 175 Å². The Morgan fingerprint density at radius 1 is 0.867 bits per heavy atom. The minimum atomic E-state index is -0.977. The molecule has 0 radical (unpaired) electrons. The van der Waals surface area contributed by atoms with Gasteiger partial charge in [0.1, 0.15) is 0 Å². The van der Waals surface area contributed by atoms with Crippen molar-refractivity contribution in [3.05, 3.63) is 101 Å². The van der Waals surface area contributed by atoms with Crippen molar-refractivity contribution in [2.45, 2.75) is 26.4 Å². The summed E-state index contributed by atoms with van der Waals surface area (Å²) < 4.78 is 5.41. The number of carbonyl (C=O) groups excluding carboxylic acids is 3. The molecule has 0 aliphatic rings. The number of benzene rings is 3. The molecule has 0 heterocycles. The molecule has 5 nitrogen and oxygen atoms in total. The van der Waals surface area contributed by atoms with Gasteiger partial charge in [0, 0.05) is 11.3 Å². The van der Waals surface area contributed by atoms with Crippen LogP contribution < -0.4 is 5.32 Å². The number of rotatable bonds is 7. The molecule has 0 fully saturated rings. The standard InChI is InChI=1S/C25H23NO4/c1-17(27)20-12-14-22(15-13-20)26-24(28)18(2)30-25(29)23-11-7-6-10-21(23)16-19-8-4-3-5-9-19/h3-15,18H,16H2,1-2H3,(H,26,28)/t18-/m1/s1. The normalized spacial score (nSPS) is 11.4. The van der Waals surface area contributed by atoms with Gasteiger partial charge in [-0.3, -0.25) is 9.59 Å². The Hall–Kier alpha value is -3.73. The summed E-state index contributed by atoms with van der Waals surface area (Å²) in [6.07, 6.45) is -0.385. The van der Waals surface area contributed by atoms with Crippen LogP contribution in [0.25, 0.3) is 0 Å². The molecule has 0 bridgehead atoms. The molecule has 0 spiro atoms. The molecule has 0 aliphatic heterocycles. The lowest BCUT2D eigenvalue weighted by Gasteiger charge is -2.15. The van der Waals surface area contributed by atoms with E-state index in [1.165, 1.54) is 13.8 Å². The lowest BCUT2D eigenvalue weighted by atomic mass is 10.00. The number of hydrogen-bond acceptors (Lipinski definition) is 4. The van der Waals surface area contributed by atoms with Crippen LogP contribution in [0.5, 0.6) is 0 Å². The summed E-state index contributed by atoms with van der Waals surface area (Å²) in [5.41, 5.74) is 3.44. The van der Waals surface area contributed by atoms with Gasteiger partial charge < -0.3 is 10.1 Å². The SMILES string of the molecule is CC(=O)c1ccc(NC(=O)[C@@H](C)OC(=O)c2ccccc2Cc2ccccc2)cc1. The van der Waals surface area contributed by atoms with Crippen molar-refractivity contribution in [1.29, 1.82) is 0 Å². The zero-order chi connectivity index (χ0) is 21.5. The number of ether oxygens (including phenoxy) is 1. The fourth-order valence-electron chi connectivity index (χ4n) is 3.00. The van der Waals surface area contributed by atoms with Crippen molar-refractivity contribution in [3.8, 4) is 0 Å². The summed E-state index contributed by atoms with van der Waals surface area (Å²) in [6.45, 7) is 3.00. The summed E-state index contributed by atoms with van der Waals surface area (Å²) in [7, 11) is 0. The van der Waals surface area contributed by atoms with Crippen molar-refractivity contribution < 1.29 is 19.1 Å². The van der Waals surface area contributed by atoms with Gasteiger partial charge >= 0.3 is 5.97 Å². The molecule has 1 atom stereocenters. The number of amides is 1. The second kappa shape index (κ2) is 9.65. The zero-order valence-electron chi connectivity index (χ0n) is 16.9. The Morgan fingerprint density at radius 3 is 2.17 bits per heavy atom. The predicted molar refractivity (Wildman–Crippen MR) is 116 cm³/mol. The Morgan fingerprint density at radius 2 is 1.50 bits per heavy atom. The minimum absolute atomic E-state index is 0.0515. The van der Waals surface area contributed by atoms with E-state index in [0.717, 1.165) is 11.1 Å². The number of hydrogen-bond donors (Lipinski definition) is 1. The molecular weight excluding hydrogens is 378 g/mol. The lowest BCUT2D eigenvalue weighted by Crippen LogP contribution is -2.30. The number of esters is 1. The van der Waals surface area contributed by atoms with E-state index in [0.29, 0.717) is 23.2 Å². The molecule has 3 rings (SSSR count). The molecule has 0 aromatic heterocycles. The van der Waals surface area contributed by atoms with E-state index < -0.39 is 18.0 Å². The molecule has 3 aromatic carbocycles. The highest BCUT2D eigenvalue weighted by Gasteiger charge is 2.21. The average molecular weight is 401 g/mol. The number of carbonyl (C=O) groups is 3. The highest BCUT2D eigenvalue weighted by molar-refractivity contribution is 5.98. The van der Waals surface area contributed by atoms with E-state index in [4.69, 9.17) is 4.74 Å². The third-order valence-electron chi connectivity index (χ3n) is 4.69. The van der Waals surface area contributed by atoms with Gasteiger partial charge in [-0.15, -0.1) is 0 Å². The first-order valence-corrected chi connectivity index (χ1v) is 9.68. The predicted octanol–water partition coefficient (Wildman–Crippen LogP) is 4.66. The lowest BCUT2D eigenvalue weighted by molar-refractivity contribution is -0.123. The van der Waals surface area contributed by atoms with Crippen LogP contribution in [-0.2, 0) is 16.0 Å². The molecule has 0 saturated carbocycles. The van der Waals surface area contributed by atoms with Gasteiger partial charge in [-0.2, -0.15) is 0 Å². The van der Waals surface area contributed by atoms with Gasteiger partial charge in [0.25, 0.3) is 5.91 Å². The maximum absolute atomic E-state index is 12.7. The van der Waals surface area contributed by atoms with E-state index >= 15 is 0 Å². The van der Waals surface area contributed by atoms with Crippen LogP contribution >= 0.6 is 0 Å². The van der Waals surface area contributed by atoms with E-state index in [2.05, 4.69) is 5.32 Å². The molecule has 0 aliphatic carbocycles. The highest BCUT2D eigenvalue weighted by atomic mass is 16.5. The first-order chi connectivity index (χ1) is 14.4. The Bertz CT molecular complexity index is 1040. The van der Waals surface area contributed by atoms with Crippen LogP contribution in [0.4, 0.5) is 5.69 Å². The van der Waals surface area contributed by atoms with Crippen LogP contribution in [0, 0.1) is 0 Å². The van der Waals surface area contributed by atoms with Crippen LogP contribution in [0.1, 0.15) is 45.7 Å². The van der Waals surface area contributed by atoms with Gasteiger partial charge in [-0.1, -0.05) is 48.5 Å². The highest BCUT2D eigenvalue weighted by Crippen LogP contribution is 2.17. The topological polar surface area (TPSA) is 72.5 Å². The molecule has 1 amide bonds. The van der Waals surface area contributed by atoms with Crippen molar-refractivity contribution in [2.24, 2.45) is 0 Å². The fraction of sp³-hybridized carbons (Fsp3) is 0.160. The maximum atomic E-state index is 12.7. The van der Waals surface area contributed by atoms with Crippen molar-refractivity contribution in [3.63, 3.8) is 0 Å². The van der Waals surface area contributed by atoms with Crippen LogP contribution in [-0.4, -0.2) is 23.8 Å². The summed E-state index contributed by atoms with van der Waals surface area (Å²) in [4.78, 5) is 36.5. The zero-order valence-corrected chi connectivity index (χ0v) is 16.9. The summed E-state index contributed by atoms with van der Waals surface area (Å²) in [5.74, 6) is -1.04. The molecular formula is C25H23NO4.